The summed E-state index contributed by atoms with van der Waals surface area (Å²) in [4.78, 5) is 4.62. The first kappa shape index (κ1) is 17.3. The lowest BCUT2D eigenvalue weighted by atomic mass is 10.1. The first-order valence-electron chi connectivity index (χ1n) is 7.73. The van der Waals surface area contributed by atoms with Crippen LogP contribution in [0.4, 0.5) is 0 Å². The normalized spacial score (nSPS) is 12.0. The highest BCUT2D eigenvalue weighted by molar-refractivity contribution is 9.12. The minimum absolute atomic E-state index is 0.544. The second-order valence-electron chi connectivity index (χ2n) is 5.51. The molecule has 0 N–H and O–H groups in total. The van der Waals surface area contributed by atoms with Crippen molar-refractivity contribution in [2.45, 2.75) is 6.92 Å². The molecule has 2 nitrogen and oxygen atoms in total. The minimum atomic E-state index is 0.544. The van der Waals surface area contributed by atoms with Gasteiger partial charge in [-0.05, 0) is 24.6 Å². The highest BCUT2D eigenvalue weighted by Crippen LogP contribution is 2.28. The number of halogens is 1. The second kappa shape index (κ2) is 8.06. The molecule has 0 saturated carbocycles. The summed E-state index contributed by atoms with van der Waals surface area (Å²) in [5.41, 5.74) is 4.78. The van der Waals surface area contributed by atoms with E-state index >= 15 is 0 Å². The molecule has 1 heterocycles. The highest BCUT2D eigenvalue weighted by Gasteiger charge is 2.09. The molecule has 0 aliphatic heterocycles. The Hall–Kier alpha value is -2.48. The van der Waals surface area contributed by atoms with Crippen molar-refractivity contribution in [1.82, 2.24) is 4.98 Å². The first-order valence-corrected chi connectivity index (χ1v) is 9.40. The maximum atomic E-state index is 9.51. The number of hydrogen-bond acceptors (Lipinski definition) is 3. The molecule has 3 rings (SSSR count). The molecule has 2 aromatic carbocycles. The van der Waals surface area contributed by atoms with Crippen molar-refractivity contribution in [2.24, 2.45) is 0 Å². The maximum Gasteiger partial charge on any atom is 0.134 e. The summed E-state index contributed by atoms with van der Waals surface area (Å²) in [5, 5.41) is 12.2. The third-order valence-corrected chi connectivity index (χ3v) is 4.92. The summed E-state index contributed by atoms with van der Waals surface area (Å²) in [7, 11) is 0. The monoisotopic (exact) mass is 406 g/mol. The van der Waals surface area contributed by atoms with Gasteiger partial charge in [0.1, 0.15) is 11.1 Å². The quantitative estimate of drug-likeness (QED) is 0.368. The lowest BCUT2D eigenvalue weighted by molar-refractivity contribution is 1.36. The number of aromatic nitrogens is 1. The van der Waals surface area contributed by atoms with Gasteiger partial charge in [0.2, 0.25) is 0 Å². The zero-order valence-electron chi connectivity index (χ0n) is 13.6. The Bertz CT molecular complexity index is 961. The fourth-order valence-corrected chi connectivity index (χ4v) is 3.57. The minimum Gasteiger partial charge on any atom is -0.235 e. The summed E-state index contributed by atoms with van der Waals surface area (Å²) in [6, 6.07) is 20.4. The number of allylic oxidation sites excluding steroid dienone is 3. The number of aryl methyl sites for hydroxylation is 1. The Morgan fingerprint density at radius 2 is 1.84 bits per heavy atom. The van der Waals surface area contributed by atoms with Crippen LogP contribution in [-0.2, 0) is 0 Å². The number of rotatable bonds is 4. The predicted molar refractivity (Wildman–Crippen MR) is 109 cm³/mol. The summed E-state index contributed by atoms with van der Waals surface area (Å²) < 4.78 is 0.835. The lowest BCUT2D eigenvalue weighted by Crippen LogP contribution is -1.83. The van der Waals surface area contributed by atoms with Crippen molar-refractivity contribution in [3.63, 3.8) is 0 Å². The number of hydrogen-bond donors (Lipinski definition) is 0. The van der Waals surface area contributed by atoms with Crippen molar-refractivity contribution in [2.75, 3.05) is 0 Å². The Labute approximate surface area is 159 Å². The predicted octanol–water partition coefficient (Wildman–Crippen LogP) is 6.46. The van der Waals surface area contributed by atoms with Gasteiger partial charge >= 0.3 is 0 Å². The number of benzene rings is 2. The first-order chi connectivity index (χ1) is 12.2. The van der Waals surface area contributed by atoms with E-state index in [1.54, 1.807) is 0 Å². The van der Waals surface area contributed by atoms with Gasteiger partial charge in [-0.15, -0.1) is 11.3 Å². The van der Waals surface area contributed by atoms with Gasteiger partial charge in [0.05, 0.1) is 11.3 Å². The fraction of sp³-hybridized carbons (Fsp3) is 0.0476. The zero-order valence-corrected chi connectivity index (χ0v) is 16.0. The molecule has 0 radical (unpaired) electrons. The molecule has 1 aromatic heterocycles. The van der Waals surface area contributed by atoms with Gasteiger partial charge in [0, 0.05) is 15.4 Å². The van der Waals surface area contributed by atoms with E-state index < -0.39 is 0 Å². The van der Waals surface area contributed by atoms with E-state index in [0.29, 0.717) is 5.57 Å². The second-order valence-corrected chi connectivity index (χ2v) is 7.29. The van der Waals surface area contributed by atoms with E-state index in [0.717, 1.165) is 26.3 Å². The van der Waals surface area contributed by atoms with E-state index in [1.165, 1.54) is 16.9 Å². The van der Waals surface area contributed by atoms with Crippen LogP contribution in [0.2, 0.25) is 0 Å². The van der Waals surface area contributed by atoms with Crippen LogP contribution < -0.4 is 0 Å². The molecule has 0 spiro atoms. The van der Waals surface area contributed by atoms with E-state index in [9.17, 15) is 5.26 Å². The summed E-state index contributed by atoms with van der Waals surface area (Å²) in [5.74, 6) is 0. The van der Waals surface area contributed by atoms with Gasteiger partial charge in [0.15, 0.2) is 0 Å². The molecule has 0 saturated heterocycles. The van der Waals surface area contributed by atoms with Crippen LogP contribution in [-0.4, -0.2) is 4.98 Å². The summed E-state index contributed by atoms with van der Waals surface area (Å²) >= 11 is 5.00. The van der Waals surface area contributed by atoms with Gasteiger partial charge in [0.25, 0.3) is 0 Å². The van der Waals surface area contributed by atoms with E-state index in [4.69, 9.17) is 0 Å². The third-order valence-electron chi connectivity index (χ3n) is 3.59. The Kier molecular flexibility index (Phi) is 5.60. The number of nitrogens with zero attached hydrogens (tertiary/aromatic N) is 2. The molecule has 0 aliphatic carbocycles. The summed E-state index contributed by atoms with van der Waals surface area (Å²) in [6.07, 6.45) is 3.79. The van der Waals surface area contributed by atoms with Gasteiger partial charge in [-0.25, -0.2) is 4.98 Å². The van der Waals surface area contributed by atoms with Gasteiger partial charge in [-0.1, -0.05) is 76.1 Å². The van der Waals surface area contributed by atoms with Crippen LogP contribution in [0.1, 0.15) is 16.1 Å². The smallest absolute Gasteiger partial charge is 0.134 e. The van der Waals surface area contributed by atoms with Crippen molar-refractivity contribution in [1.29, 1.82) is 5.26 Å². The Balaban J connectivity index is 1.88. The van der Waals surface area contributed by atoms with Crippen molar-refractivity contribution < 1.29 is 0 Å². The third kappa shape index (κ3) is 4.54. The Morgan fingerprint density at radius 1 is 1.12 bits per heavy atom. The van der Waals surface area contributed by atoms with Gasteiger partial charge < -0.3 is 0 Å². The Morgan fingerprint density at radius 3 is 2.52 bits per heavy atom. The molecule has 3 aromatic rings. The van der Waals surface area contributed by atoms with Gasteiger partial charge in [-0.2, -0.15) is 5.26 Å². The molecule has 0 atom stereocenters. The SMILES string of the molecule is Cc1ccc(-c2csc(/C(C#N)=C/C(Br)=Cc3ccccc3)n2)cc1. The van der Waals surface area contributed by atoms with Crippen molar-refractivity contribution >= 4 is 38.9 Å². The molecule has 4 heteroatoms. The zero-order chi connectivity index (χ0) is 17.6. The molecule has 122 valence electrons. The molecular formula is C21H15BrN2S. The van der Waals surface area contributed by atoms with Crippen LogP contribution in [0.3, 0.4) is 0 Å². The highest BCUT2D eigenvalue weighted by atomic mass is 79.9. The van der Waals surface area contributed by atoms with Crippen LogP contribution in [0.25, 0.3) is 22.9 Å². The molecule has 0 aliphatic rings. The fourth-order valence-electron chi connectivity index (χ4n) is 2.28. The summed E-state index contributed by atoms with van der Waals surface area (Å²) in [6.45, 7) is 2.06. The van der Waals surface area contributed by atoms with E-state index in [2.05, 4.69) is 58.2 Å². The number of nitriles is 1. The topological polar surface area (TPSA) is 36.7 Å². The largest absolute Gasteiger partial charge is 0.235 e. The van der Waals surface area contributed by atoms with Crippen molar-refractivity contribution in [3.8, 4) is 17.3 Å². The lowest BCUT2D eigenvalue weighted by Gasteiger charge is -1.98. The van der Waals surface area contributed by atoms with Crippen LogP contribution >= 0.6 is 27.3 Å². The molecule has 0 unspecified atom stereocenters. The number of thiazole rings is 1. The van der Waals surface area contributed by atoms with Crippen LogP contribution in [0.5, 0.6) is 0 Å². The average Bonchev–Trinajstić information content (AvgIpc) is 3.11. The maximum absolute atomic E-state index is 9.51. The average molecular weight is 407 g/mol. The van der Waals surface area contributed by atoms with E-state index in [1.807, 2.05) is 47.9 Å². The molecule has 0 amide bonds. The van der Waals surface area contributed by atoms with Gasteiger partial charge in [-0.3, -0.25) is 0 Å². The molecule has 0 bridgehead atoms. The molecule has 25 heavy (non-hydrogen) atoms. The molecule has 0 fully saturated rings. The standard InChI is InChI=1S/C21H15BrN2S/c1-15-7-9-17(10-8-15)20-14-25-21(24-20)18(13-23)12-19(22)11-16-5-3-2-4-6-16/h2-12,14H,1H3/b18-12+,19-11?. The van der Waals surface area contributed by atoms with E-state index in [-0.39, 0.29) is 0 Å². The van der Waals surface area contributed by atoms with Crippen molar-refractivity contribution in [3.05, 3.63) is 86.7 Å². The molecular weight excluding hydrogens is 392 g/mol. The van der Waals surface area contributed by atoms with Crippen LogP contribution in [0.15, 0.2) is 70.5 Å². The van der Waals surface area contributed by atoms with Crippen LogP contribution in [0, 0.1) is 18.3 Å².